The van der Waals surface area contributed by atoms with Crippen molar-refractivity contribution in [2.24, 2.45) is 17.3 Å². The molecule has 1 fully saturated rings. The average Bonchev–Trinajstić information content (AvgIpc) is 2.16. The quantitative estimate of drug-likeness (QED) is 0.802. The fourth-order valence-electron chi connectivity index (χ4n) is 2.50. The van der Waals surface area contributed by atoms with Crippen molar-refractivity contribution in [2.75, 3.05) is 19.6 Å². The number of carboxylic acid groups (broad SMARTS) is 1. The zero-order chi connectivity index (χ0) is 12.3. The van der Waals surface area contributed by atoms with E-state index in [1.807, 2.05) is 13.8 Å². The molecule has 0 amide bonds. The summed E-state index contributed by atoms with van der Waals surface area (Å²) in [6, 6.07) is 0. The monoisotopic (exact) mass is 227 g/mol. The van der Waals surface area contributed by atoms with Crippen molar-refractivity contribution in [1.82, 2.24) is 4.90 Å². The minimum atomic E-state index is -0.663. The van der Waals surface area contributed by atoms with Gasteiger partial charge in [0.25, 0.3) is 0 Å². The topological polar surface area (TPSA) is 40.5 Å². The Labute approximate surface area is 98.8 Å². The van der Waals surface area contributed by atoms with Gasteiger partial charge in [-0.2, -0.15) is 0 Å². The van der Waals surface area contributed by atoms with Gasteiger partial charge in [0.2, 0.25) is 0 Å². The molecule has 0 spiro atoms. The Balaban J connectivity index is 2.59. The van der Waals surface area contributed by atoms with E-state index in [2.05, 4.69) is 18.7 Å². The van der Waals surface area contributed by atoms with Crippen molar-refractivity contribution in [3.63, 3.8) is 0 Å². The highest BCUT2D eigenvalue weighted by molar-refractivity contribution is 5.74. The summed E-state index contributed by atoms with van der Waals surface area (Å²) < 4.78 is 0. The molecule has 1 unspecified atom stereocenters. The standard InChI is InChI=1S/C13H25NO2/c1-10(2)8-14-7-5-6-11(9-14)13(3,4)12(15)16/h10-11H,5-9H2,1-4H3,(H,15,16). The molecule has 94 valence electrons. The van der Waals surface area contributed by atoms with E-state index < -0.39 is 11.4 Å². The molecule has 1 rings (SSSR count). The number of rotatable bonds is 4. The number of hydrogen-bond donors (Lipinski definition) is 1. The van der Waals surface area contributed by atoms with Gasteiger partial charge in [-0.25, -0.2) is 0 Å². The first kappa shape index (κ1) is 13.5. The highest BCUT2D eigenvalue weighted by atomic mass is 16.4. The second-order valence-corrected chi connectivity index (χ2v) is 6.02. The molecule has 1 aliphatic rings. The van der Waals surface area contributed by atoms with E-state index in [1.165, 1.54) is 0 Å². The molecule has 0 saturated carbocycles. The van der Waals surface area contributed by atoms with Gasteiger partial charge in [-0.15, -0.1) is 0 Å². The van der Waals surface area contributed by atoms with E-state index in [4.69, 9.17) is 0 Å². The van der Waals surface area contributed by atoms with Crippen molar-refractivity contribution >= 4 is 5.97 Å². The van der Waals surface area contributed by atoms with Gasteiger partial charge in [0.05, 0.1) is 5.41 Å². The number of piperidine rings is 1. The third-order valence-electron chi connectivity index (χ3n) is 3.70. The summed E-state index contributed by atoms with van der Waals surface area (Å²) in [5, 5.41) is 9.24. The van der Waals surface area contributed by atoms with Crippen LogP contribution in [0.1, 0.15) is 40.5 Å². The summed E-state index contributed by atoms with van der Waals surface area (Å²) >= 11 is 0. The first-order valence-electron chi connectivity index (χ1n) is 6.29. The van der Waals surface area contributed by atoms with Crippen molar-refractivity contribution in [3.05, 3.63) is 0 Å². The zero-order valence-electron chi connectivity index (χ0n) is 11.0. The number of hydrogen-bond acceptors (Lipinski definition) is 2. The van der Waals surface area contributed by atoms with Crippen LogP contribution < -0.4 is 0 Å². The number of carboxylic acids is 1. The molecule has 0 aromatic rings. The maximum Gasteiger partial charge on any atom is 0.309 e. The molecule has 1 heterocycles. The van der Waals surface area contributed by atoms with Crippen LogP contribution in [0.25, 0.3) is 0 Å². The molecule has 1 saturated heterocycles. The largest absolute Gasteiger partial charge is 0.481 e. The molecular formula is C13H25NO2. The van der Waals surface area contributed by atoms with Crippen molar-refractivity contribution in [1.29, 1.82) is 0 Å². The summed E-state index contributed by atoms with van der Waals surface area (Å²) in [5.74, 6) is 0.285. The first-order chi connectivity index (χ1) is 7.34. The first-order valence-corrected chi connectivity index (χ1v) is 6.29. The highest BCUT2D eigenvalue weighted by Gasteiger charge is 2.38. The van der Waals surface area contributed by atoms with Gasteiger partial charge in [0.15, 0.2) is 0 Å². The van der Waals surface area contributed by atoms with Crippen LogP contribution >= 0.6 is 0 Å². The van der Waals surface area contributed by atoms with Crippen molar-refractivity contribution in [2.45, 2.75) is 40.5 Å². The fraction of sp³-hybridized carbons (Fsp3) is 0.923. The highest BCUT2D eigenvalue weighted by Crippen LogP contribution is 2.34. The lowest BCUT2D eigenvalue weighted by Gasteiger charge is -2.39. The molecule has 0 aromatic carbocycles. The minimum absolute atomic E-state index is 0.289. The van der Waals surface area contributed by atoms with Gasteiger partial charge in [0, 0.05) is 13.1 Å². The lowest BCUT2D eigenvalue weighted by atomic mass is 9.74. The van der Waals surface area contributed by atoms with Crippen LogP contribution in [-0.2, 0) is 4.79 Å². The normalized spacial score (nSPS) is 23.7. The Morgan fingerprint density at radius 3 is 2.62 bits per heavy atom. The summed E-state index contributed by atoms with van der Waals surface area (Å²) in [7, 11) is 0. The SMILES string of the molecule is CC(C)CN1CCCC(C(C)(C)C(=O)O)C1. The lowest BCUT2D eigenvalue weighted by Crippen LogP contribution is -2.45. The van der Waals surface area contributed by atoms with E-state index in [1.54, 1.807) is 0 Å². The molecule has 0 radical (unpaired) electrons. The smallest absolute Gasteiger partial charge is 0.309 e. The third-order valence-corrected chi connectivity index (χ3v) is 3.70. The van der Waals surface area contributed by atoms with E-state index >= 15 is 0 Å². The second kappa shape index (κ2) is 5.17. The fourth-order valence-corrected chi connectivity index (χ4v) is 2.50. The molecule has 0 aromatic heterocycles. The Hall–Kier alpha value is -0.570. The number of nitrogens with zero attached hydrogens (tertiary/aromatic N) is 1. The summed E-state index contributed by atoms with van der Waals surface area (Å²) in [5.41, 5.74) is -0.588. The molecule has 1 atom stereocenters. The van der Waals surface area contributed by atoms with Gasteiger partial charge in [0.1, 0.15) is 0 Å². The zero-order valence-corrected chi connectivity index (χ0v) is 11.0. The predicted molar refractivity (Wildman–Crippen MR) is 65.4 cm³/mol. The van der Waals surface area contributed by atoms with Gasteiger partial charge in [-0.05, 0) is 45.1 Å². The van der Waals surface area contributed by atoms with Crippen LogP contribution in [0.4, 0.5) is 0 Å². The van der Waals surface area contributed by atoms with Gasteiger partial charge >= 0.3 is 5.97 Å². The molecule has 3 heteroatoms. The Morgan fingerprint density at radius 2 is 2.12 bits per heavy atom. The molecule has 0 bridgehead atoms. The van der Waals surface area contributed by atoms with E-state index in [-0.39, 0.29) is 5.92 Å². The summed E-state index contributed by atoms with van der Waals surface area (Å²) in [6.45, 7) is 11.3. The summed E-state index contributed by atoms with van der Waals surface area (Å²) in [6.07, 6.45) is 2.18. The van der Waals surface area contributed by atoms with Gasteiger partial charge < -0.3 is 10.0 Å². The maximum atomic E-state index is 11.2. The molecule has 1 N–H and O–H groups in total. The number of likely N-dealkylation sites (tertiary alicyclic amines) is 1. The summed E-state index contributed by atoms with van der Waals surface area (Å²) in [4.78, 5) is 13.7. The minimum Gasteiger partial charge on any atom is -0.481 e. The molecule has 16 heavy (non-hydrogen) atoms. The van der Waals surface area contributed by atoms with Crippen LogP contribution in [0.2, 0.25) is 0 Å². The van der Waals surface area contributed by atoms with Crippen LogP contribution in [-0.4, -0.2) is 35.6 Å². The molecule has 3 nitrogen and oxygen atoms in total. The second-order valence-electron chi connectivity index (χ2n) is 6.02. The lowest BCUT2D eigenvalue weighted by molar-refractivity contribution is -0.151. The van der Waals surface area contributed by atoms with Crippen LogP contribution in [0.15, 0.2) is 0 Å². The maximum absolute atomic E-state index is 11.2. The van der Waals surface area contributed by atoms with Gasteiger partial charge in [-0.1, -0.05) is 13.8 Å². The van der Waals surface area contributed by atoms with Crippen LogP contribution in [0.3, 0.4) is 0 Å². The average molecular weight is 227 g/mol. The van der Waals surface area contributed by atoms with E-state index in [0.29, 0.717) is 5.92 Å². The molecular weight excluding hydrogens is 202 g/mol. The van der Waals surface area contributed by atoms with Gasteiger partial charge in [-0.3, -0.25) is 4.79 Å². The Bertz CT molecular complexity index is 248. The Kier molecular flexibility index (Phi) is 4.36. The molecule has 0 aliphatic carbocycles. The molecule has 1 aliphatic heterocycles. The third kappa shape index (κ3) is 3.21. The van der Waals surface area contributed by atoms with Crippen molar-refractivity contribution in [3.8, 4) is 0 Å². The Morgan fingerprint density at radius 1 is 1.50 bits per heavy atom. The van der Waals surface area contributed by atoms with Crippen molar-refractivity contribution < 1.29 is 9.90 Å². The predicted octanol–water partition coefficient (Wildman–Crippen LogP) is 2.47. The van der Waals surface area contributed by atoms with Crippen LogP contribution in [0.5, 0.6) is 0 Å². The van der Waals surface area contributed by atoms with E-state index in [0.717, 1.165) is 32.5 Å². The number of carbonyl (C=O) groups is 1. The van der Waals surface area contributed by atoms with Crippen LogP contribution in [0, 0.1) is 17.3 Å². The van der Waals surface area contributed by atoms with E-state index in [9.17, 15) is 9.90 Å². The number of aliphatic carboxylic acids is 1.